The second-order valence-corrected chi connectivity index (χ2v) is 3.77. The quantitative estimate of drug-likeness (QED) is 0.639. The minimum Gasteiger partial charge on any atom is -0.502 e. The fraction of sp³-hybridized carbons (Fsp3) is 0.333. The Hall–Kier alpha value is -1.49. The summed E-state index contributed by atoms with van der Waals surface area (Å²) in [7, 11) is 1.45. The molecule has 0 saturated carbocycles. The van der Waals surface area contributed by atoms with Crippen LogP contribution in [0.4, 0.5) is 13.2 Å². The van der Waals surface area contributed by atoms with Crippen molar-refractivity contribution in [1.29, 1.82) is 0 Å². The van der Waals surface area contributed by atoms with Crippen LogP contribution >= 0.6 is 0 Å². The van der Waals surface area contributed by atoms with Gasteiger partial charge in [0.05, 0.1) is 12.9 Å². The Kier molecular flexibility index (Phi) is 4.57. The van der Waals surface area contributed by atoms with Gasteiger partial charge in [0.25, 0.3) is 0 Å². The highest BCUT2D eigenvalue weighted by Crippen LogP contribution is 2.16. The number of hydrogen-bond donors (Lipinski definition) is 1. The third-order valence-corrected chi connectivity index (χ3v) is 2.35. The summed E-state index contributed by atoms with van der Waals surface area (Å²) in [6.07, 6.45) is 0.417. The number of halogens is 3. The maximum absolute atomic E-state index is 13.3. The molecular formula is C12H14F3NO. The van der Waals surface area contributed by atoms with Crippen molar-refractivity contribution in [1.82, 2.24) is 0 Å². The normalized spacial score (nSPS) is 12.3. The van der Waals surface area contributed by atoms with Crippen molar-refractivity contribution >= 4 is 0 Å². The standard InChI is InChI=1S/C12H14F3NO/c1-7(17-2)3-9(16)4-8-5-11(14)12(15)6-10(8)13/h5-6,9H,1,3-4,16H2,2H3. The van der Waals surface area contributed by atoms with Crippen LogP contribution in [0.25, 0.3) is 0 Å². The summed E-state index contributed by atoms with van der Waals surface area (Å²) < 4.78 is 43.7. The molecule has 94 valence electrons. The second kappa shape index (κ2) is 5.72. The lowest BCUT2D eigenvalue weighted by Crippen LogP contribution is -2.24. The predicted molar refractivity (Wildman–Crippen MR) is 58.8 cm³/mol. The Bertz CT molecular complexity index is 420. The van der Waals surface area contributed by atoms with Gasteiger partial charge in [-0.2, -0.15) is 0 Å². The maximum Gasteiger partial charge on any atom is 0.161 e. The van der Waals surface area contributed by atoms with E-state index in [1.165, 1.54) is 7.11 Å². The van der Waals surface area contributed by atoms with Crippen LogP contribution in [-0.2, 0) is 11.2 Å². The predicted octanol–water partition coefficient (Wildman–Crippen LogP) is 2.52. The lowest BCUT2D eigenvalue weighted by atomic mass is 10.0. The van der Waals surface area contributed by atoms with Crippen LogP contribution < -0.4 is 5.73 Å². The van der Waals surface area contributed by atoms with Crippen molar-refractivity contribution in [3.05, 3.63) is 47.5 Å². The Balaban J connectivity index is 2.74. The van der Waals surface area contributed by atoms with E-state index in [4.69, 9.17) is 10.5 Å². The van der Waals surface area contributed by atoms with Crippen molar-refractivity contribution in [2.75, 3.05) is 7.11 Å². The van der Waals surface area contributed by atoms with Gasteiger partial charge in [-0.15, -0.1) is 0 Å². The molecule has 0 fully saturated rings. The molecule has 0 heterocycles. The highest BCUT2D eigenvalue weighted by molar-refractivity contribution is 5.21. The molecule has 1 rings (SSSR count). The first kappa shape index (κ1) is 13.6. The molecule has 0 saturated heterocycles. The van der Waals surface area contributed by atoms with Crippen molar-refractivity contribution in [2.24, 2.45) is 5.73 Å². The minimum absolute atomic E-state index is 0.0419. The Morgan fingerprint density at radius 3 is 2.47 bits per heavy atom. The molecule has 1 aromatic rings. The molecule has 0 aliphatic carbocycles. The van der Waals surface area contributed by atoms with Crippen molar-refractivity contribution < 1.29 is 17.9 Å². The van der Waals surface area contributed by atoms with Crippen molar-refractivity contribution in [3.8, 4) is 0 Å². The molecule has 2 N–H and O–H groups in total. The van der Waals surface area contributed by atoms with Gasteiger partial charge in [-0.1, -0.05) is 6.58 Å². The van der Waals surface area contributed by atoms with Gasteiger partial charge < -0.3 is 10.5 Å². The van der Waals surface area contributed by atoms with Crippen LogP contribution in [0.5, 0.6) is 0 Å². The smallest absolute Gasteiger partial charge is 0.161 e. The Labute approximate surface area is 97.9 Å². The summed E-state index contributed by atoms with van der Waals surface area (Å²) in [4.78, 5) is 0. The van der Waals surface area contributed by atoms with E-state index in [0.717, 1.165) is 6.07 Å². The third kappa shape index (κ3) is 3.78. The van der Waals surface area contributed by atoms with Crippen LogP contribution in [0.15, 0.2) is 24.5 Å². The number of nitrogens with two attached hydrogens (primary N) is 1. The molecule has 17 heavy (non-hydrogen) atoms. The highest BCUT2D eigenvalue weighted by Gasteiger charge is 2.13. The van der Waals surface area contributed by atoms with Gasteiger partial charge in [-0.3, -0.25) is 0 Å². The molecule has 0 bridgehead atoms. The topological polar surface area (TPSA) is 35.2 Å². The summed E-state index contributed by atoms with van der Waals surface area (Å²) in [5.41, 5.74) is 5.76. The van der Waals surface area contributed by atoms with Gasteiger partial charge in [0, 0.05) is 18.5 Å². The zero-order valence-corrected chi connectivity index (χ0v) is 9.47. The monoisotopic (exact) mass is 245 g/mol. The summed E-state index contributed by atoms with van der Waals surface area (Å²) >= 11 is 0. The molecule has 0 amide bonds. The first-order valence-corrected chi connectivity index (χ1v) is 5.04. The van der Waals surface area contributed by atoms with Gasteiger partial charge >= 0.3 is 0 Å². The van der Waals surface area contributed by atoms with Crippen LogP contribution in [0, 0.1) is 17.5 Å². The maximum atomic E-state index is 13.3. The molecule has 1 atom stereocenters. The lowest BCUT2D eigenvalue weighted by Gasteiger charge is -2.13. The first-order chi connectivity index (χ1) is 7.93. The molecule has 2 nitrogen and oxygen atoms in total. The van der Waals surface area contributed by atoms with Crippen LogP contribution in [0.3, 0.4) is 0 Å². The van der Waals surface area contributed by atoms with Gasteiger partial charge in [0.15, 0.2) is 11.6 Å². The van der Waals surface area contributed by atoms with E-state index in [-0.39, 0.29) is 12.0 Å². The molecular weight excluding hydrogens is 231 g/mol. The van der Waals surface area contributed by atoms with E-state index < -0.39 is 23.5 Å². The minimum atomic E-state index is -1.21. The summed E-state index contributed by atoms with van der Waals surface area (Å²) in [5.74, 6) is -2.64. The van der Waals surface area contributed by atoms with E-state index in [9.17, 15) is 13.2 Å². The van der Waals surface area contributed by atoms with Crippen molar-refractivity contribution in [2.45, 2.75) is 18.9 Å². The average Bonchev–Trinajstić information content (AvgIpc) is 2.25. The van der Waals surface area contributed by atoms with Gasteiger partial charge in [-0.05, 0) is 18.1 Å². The van der Waals surface area contributed by atoms with Gasteiger partial charge in [0.1, 0.15) is 5.82 Å². The number of hydrogen-bond acceptors (Lipinski definition) is 2. The number of rotatable bonds is 5. The van der Waals surface area contributed by atoms with E-state index in [0.29, 0.717) is 18.2 Å². The number of ether oxygens (including phenoxy) is 1. The molecule has 0 spiro atoms. The van der Waals surface area contributed by atoms with Gasteiger partial charge in [-0.25, -0.2) is 13.2 Å². The zero-order valence-electron chi connectivity index (χ0n) is 9.47. The van der Waals surface area contributed by atoms with E-state index in [1.807, 2.05) is 0 Å². The summed E-state index contributed by atoms with van der Waals surface area (Å²) in [6.45, 7) is 3.58. The molecule has 0 radical (unpaired) electrons. The van der Waals surface area contributed by atoms with Gasteiger partial charge in [0.2, 0.25) is 0 Å². The molecule has 1 unspecified atom stereocenters. The molecule has 0 aliphatic rings. The summed E-state index contributed by atoms with van der Waals surface area (Å²) in [6, 6.07) is 0.879. The number of benzene rings is 1. The molecule has 0 aromatic heterocycles. The van der Waals surface area contributed by atoms with E-state index in [1.54, 1.807) is 0 Å². The third-order valence-electron chi connectivity index (χ3n) is 2.35. The number of methoxy groups -OCH3 is 1. The Morgan fingerprint density at radius 1 is 1.29 bits per heavy atom. The van der Waals surface area contributed by atoms with Crippen LogP contribution in [0.1, 0.15) is 12.0 Å². The lowest BCUT2D eigenvalue weighted by molar-refractivity contribution is 0.271. The highest BCUT2D eigenvalue weighted by atomic mass is 19.2. The summed E-state index contributed by atoms with van der Waals surface area (Å²) in [5, 5.41) is 0. The van der Waals surface area contributed by atoms with E-state index >= 15 is 0 Å². The molecule has 5 heteroatoms. The van der Waals surface area contributed by atoms with Crippen LogP contribution in [-0.4, -0.2) is 13.2 Å². The van der Waals surface area contributed by atoms with E-state index in [2.05, 4.69) is 6.58 Å². The largest absolute Gasteiger partial charge is 0.502 e. The molecule has 0 aliphatic heterocycles. The second-order valence-electron chi connectivity index (χ2n) is 3.77. The average molecular weight is 245 g/mol. The first-order valence-electron chi connectivity index (χ1n) is 5.04. The van der Waals surface area contributed by atoms with Crippen LogP contribution in [0.2, 0.25) is 0 Å². The zero-order chi connectivity index (χ0) is 13.0. The fourth-order valence-corrected chi connectivity index (χ4v) is 1.45. The van der Waals surface area contributed by atoms with Crippen molar-refractivity contribution in [3.63, 3.8) is 0 Å². The Morgan fingerprint density at radius 2 is 1.88 bits per heavy atom. The fourth-order valence-electron chi connectivity index (χ4n) is 1.45. The SMILES string of the molecule is C=C(CC(N)Cc1cc(F)c(F)cc1F)OC. The molecule has 1 aromatic carbocycles.